The van der Waals surface area contributed by atoms with E-state index in [1.54, 1.807) is 55.5 Å². The Hall–Kier alpha value is -2.40. The standard InChI is InChI=1S/C15H16N2O3/c1-17(2)16-10-12-8-9-13(20-12)15(19)14(18)11-6-4-3-5-7-11/h3-10,15,19H,1-2H3/b16-10-/t15-/m0/s1. The molecule has 20 heavy (non-hydrogen) atoms. The van der Waals surface area contributed by atoms with E-state index in [1.807, 2.05) is 6.07 Å². The van der Waals surface area contributed by atoms with Gasteiger partial charge in [-0.3, -0.25) is 4.79 Å². The summed E-state index contributed by atoms with van der Waals surface area (Å²) in [6.45, 7) is 0. The number of carbonyl (C=O) groups is 1. The second-order valence-corrected chi connectivity index (χ2v) is 4.46. The van der Waals surface area contributed by atoms with Gasteiger partial charge in [-0.25, -0.2) is 0 Å². The van der Waals surface area contributed by atoms with Crippen molar-refractivity contribution in [3.05, 3.63) is 59.5 Å². The molecule has 1 N–H and O–H groups in total. The number of aliphatic hydroxyl groups is 1. The molecule has 0 aliphatic carbocycles. The smallest absolute Gasteiger partial charge is 0.199 e. The van der Waals surface area contributed by atoms with Crippen LogP contribution in [0.5, 0.6) is 0 Å². The Morgan fingerprint density at radius 1 is 1.25 bits per heavy atom. The Labute approximate surface area is 117 Å². The molecule has 0 spiro atoms. The first-order valence-corrected chi connectivity index (χ1v) is 6.16. The lowest BCUT2D eigenvalue weighted by atomic mass is 10.1. The van der Waals surface area contributed by atoms with Gasteiger partial charge >= 0.3 is 0 Å². The van der Waals surface area contributed by atoms with Gasteiger partial charge in [0.25, 0.3) is 0 Å². The number of benzene rings is 1. The summed E-state index contributed by atoms with van der Waals surface area (Å²) in [7, 11) is 3.57. The van der Waals surface area contributed by atoms with E-state index in [9.17, 15) is 9.90 Å². The van der Waals surface area contributed by atoms with Gasteiger partial charge in [0.1, 0.15) is 11.5 Å². The monoisotopic (exact) mass is 272 g/mol. The molecule has 0 amide bonds. The summed E-state index contributed by atoms with van der Waals surface area (Å²) in [5.41, 5.74) is 0.444. The summed E-state index contributed by atoms with van der Waals surface area (Å²) >= 11 is 0. The first-order chi connectivity index (χ1) is 9.58. The number of furan rings is 1. The highest BCUT2D eigenvalue weighted by atomic mass is 16.4. The molecule has 0 saturated heterocycles. The van der Waals surface area contributed by atoms with Crippen LogP contribution in [0.1, 0.15) is 28.0 Å². The molecule has 104 valence electrons. The van der Waals surface area contributed by atoms with E-state index >= 15 is 0 Å². The molecule has 0 aliphatic rings. The third kappa shape index (κ3) is 3.33. The first-order valence-electron chi connectivity index (χ1n) is 6.16. The Kier molecular flexibility index (Phi) is 4.32. The van der Waals surface area contributed by atoms with Crippen LogP contribution in [0.3, 0.4) is 0 Å². The first kappa shape index (κ1) is 14.0. The minimum Gasteiger partial charge on any atom is -0.457 e. The molecule has 0 saturated carbocycles. The number of hydrazone groups is 1. The van der Waals surface area contributed by atoms with Crippen LogP contribution in [-0.4, -0.2) is 36.2 Å². The van der Waals surface area contributed by atoms with Gasteiger partial charge in [-0.1, -0.05) is 30.3 Å². The molecule has 1 aromatic heterocycles. The second kappa shape index (κ2) is 6.16. The average Bonchev–Trinajstić information content (AvgIpc) is 2.93. The number of aliphatic hydroxyl groups excluding tert-OH is 1. The minimum atomic E-state index is -1.31. The maximum Gasteiger partial charge on any atom is 0.199 e. The number of Topliss-reactive ketones (excluding diaryl/α,β-unsaturated/α-hetero) is 1. The summed E-state index contributed by atoms with van der Waals surface area (Å²) in [5.74, 6) is 0.295. The zero-order chi connectivity index (χ0) is 14.5. The van der Waals surface area contributed by atoms with Gasteiger partial charge in [-0.15, -0.1) is 0 Å². The Bertz CT molecular complexity index is 603. The molecule has 1 atom stereocenters. The molecule has 2 rings (SSSR count). The molecular weight excluding hydrogens is 256 g/mol. The highest BCUT2D eigenvalue weighted by molar-refractivity contribution is 5.99. The highest BCUT2D eigenvalue weighted by Gasteiger charge is 2.22. The summed E-state index contributed by atoms with van der Waals surface area (Å²) in [4.78, 5) is 12.1. The van der Waals surface area contributed by atoms with Crippen molar-refractivity contribution in [2.75, 3.05) is 14.1 Å². The maximum atomic E-state index is 12.1. The zero-order valence-corrected chi connectivity index (χ0v) is 11.4. The minimum absolute atomic E-state index is 0.207. The van der Waals surface area contributed by atoms with Gasteiger partial charge in [0.05, 0.1) is 6.21 Å². The third-order valence-corrected chi connectivity index (χ3v) is 2.64. The van der Waals surface area contributed by atoms with Gasteiger partial charge in [0.2, 0.25) is 0 Å². The molecule has 0 radical (unpaired) electrons. The SMILES string of the molecule is CN(C)/N=C\c1ccc([C@H](O)C(=O)c2ccccc2)o1. The molecule has 1 heterocycles. The van der Waals surface area contributed by atoms with Crippen molar-refractivity contribution in [3.63, 3.8) is 0 Å². The van der Waals surface area contributed by atoms with Gasteiger partial charge in [-0.2, -0.15) is 5.10 Å². The van der Waals surface area contributed by atoms with Crippen molar-refractivity contribution < 1.29 is 14.3 Å². The summed E-state index contributed by atoms with van der Waals surface area (Å²) in [5, 5.41) is 15.7. The fourth-order valence-electron chi connectivity index (χ4n) is 1.65. The van der Waals surface area contributed by atoms with E-state index in [1.165, 1.54) is 6.21 Å². The van der Waals surface area contributed by atoms with Gasteiger partial charge in [0.15, 0.2) is 11.9 Å². The predicted octanol–water partition coefficient (Wildman–Crippen LogP) is 2.09. The maximum absolute atomic E-state index is 12.1. The average molecular weight is 272 g/mol. The number of carbonyl (C=O) groups excluding carboxylic acids is 1. The molecule has 2 aromatic rings. The normalized spacial score (nSPS) is 12.6. The molecule has 0 aliphatic heterocycles. The molecular formula is C15H16N2O3. The lowest BCUT2D eigenvalue weighted by molar-refractivity contribution is 0.0703. The Balaban J connectivity index is 2.14. The lowest BCUT2D eigenvalue weighted by Crippen LogP contribution is -2.11. The van der Waals surface area contributed by atoms with Crippen LogP contribution >= 0.6 is 0 Å². The van der Waals surface area contributed by atoms with E-state index in [2.05, 4.69) is 5.10 Å². The quantitative estimate of drug-likeness (QED) is 0.514. The van der Waals surface area contributed by atoms with Crippen LogP contribution in [0.25, 0.3) is 0 Å². The van der Waals surface area contributed by atoms with Crippen LogP contribution in [0.4, 0.5) is 0 Å². The number of ketones is 1. The second-order valence-electron chi connectivity index (χ2n) is 4.46. The van der Waals surface area contributed by atoms with Crippen LogP contribution in [0.2, 0.25) is 0 Å². The molecule has 0 fully saturated rings. The fourth-order valence-corrected chi connectivity index (χ4v) is 1.65. The van der Waals surface area contributed by atoms with E-state index < -0.39 is 11.9 Å². The van der Waals surface area contributed by atoms with Gasteiger partial charge < -0.3 is 14.5 Å². The van der Waals surface area contributed by atoms with E-state index in [-0.39, 0.29) is 5.76 Å². The molecule has 0 bridgehead atoms. The lowest BCUT2D eigenvalue weighted by Gasteiger charge is -2.06. The fraction of sp³-hybridized carbons (Fsp3) is 0.200. The van der Waals surface area contributed by atoms with Crippen molar-refractivity contribution in [2.45, 2.75) is 6.10 Å². The Morgan fingerprint density at radius 2 is 1.95 bits per heavy atom. The third-order valence-electron chi connectivity index (χ3n) is 2.64. The topological polar surface area (TPSA) is 66.0 Å². The van der Waals surface area contributed by atoms with E-state index in [4.69, 9.17) is 4.42 Å². The van der Waals surface area contributed by atoms with E-state index in [0.29, 0.717) is 11.3 Å². The van der Waals surface area contributed by atoms with Crippen molar-refractivity contribution in [2.24, 2.45) is 5.10 Å². The largest absolute Gasteiger partial charge is 0.457 e. The molecule has 0 unspecified atom stereocenters. The number of hydrogen-bond donors (Lipinski definition) is 1. The van der Waals surface area contributed by atoms with Crippen molar-refractivity contribution in [3.8, 4) is 0 Å². The predicted molar refractivity (Wildman–Crippen MR) is 75.7 cm³/mol. The van der Waals surface area contributed by atoms with E-state index in [0.717, 1.165) is 0 Å². The van der Waals surface area contributed by atoms with Crippen LogP contribution in [-0.2, 0) is 0 Å². The number of nitrogens with zero attached hydrogens (tertiary/aromatic N) is 2. The van der Waals surface area contributed by atoms with Crippen molar-refractivity contribution >= 4 is 12.0 Å². The van der Waals surface area contributed by atoms with Crippen molar-refractivity contribution in [1.82, 2.24) is 5.01 Å². The Morgan fingerprint density at radius 3 is 2.60 bits per heavy atom. The van der Waals surface area contributed by atoms with Gasteiger partial charge in [0, 0.05) is 19.7 Å². The van der Waals surface area contributed by atoms with Crippen LogP contribution < -0.4 is 0 Å². The summed E-state index contributed by atoms with van der Waals surface area (Å²) in [6, 6.07) is 11.8. The highest BCUT2D eigenvalue weighted by Crippen LogP contribution is 2.20. The van der Waals surface area contributed by atoms with Crippen LogP contribution in [0, 0.1) is 0 Å². The van der Waals surface area contributed by atoms with Gasteiger partial charge in [-0.05, 0) is 12.1 Å². The van der Waals surface area contributed by atoms with Crippen LogP contribution in [0.15, 0.2) is 52.0 Å². The number of hydrogen-bond acceptors (Lipinski definition) is 5. The molecule has 5 heteroatoms. The summed E-state index contributed by atoms with van der Waals surface area (Å²) in [6.07, 6.45) is 0.211. The number of rotatable bonds is 5. The zero-order valence-electron chi connectivity index (χ0n) is 11.4. The summed E-state index contributed by atoms with van der Waals surface area (Å²) < 4.78 is 5.39. The van der Waals surface area contributed by atoms with Crippen molar-refractivity contribution in [1.29, 1.82) is 0 Å². The molecule has 1 aromatic carbocycles. The molecule has 5 nitrogen and oxygen atoms in total.